The summed E-state index contributed by atoms with van der Waals surface area (Å²) < 4.78 is 7.60. The molecule has 2 N–H and O–H groups in total. The molecule has 6 heteroatoms. The van der Waals surface area contributed by atoms with Gasteiger partial charge < -0.3 is 10.5 Å². The molecule has 4 aliphatic rings. The fourth-order valence-electron chi connectivity index (χ4n) is 5.04. The topological polar surface area (TPSA) is 78.8 Å². The van der Waals surface area contributed by atoms with Crippen LogP contribution in [0.1, 0.15) is 38.5 Å². The van der Waals surface area contributed by atoms with Crippen molar-refractivity contribution in [2.45, 2.75) is 44.1 Å². The average Bonchev–Trinajstić information content (AvgIpc) is 2.83. The Morgan fingerprint density at radius 2 is 1.79 bits per heavy atom. The van der Waals surface area contributed by atoms with Crippen LogP contribution in [0, 0.1) is 17.8 Å². The molecule has 4 bridgehead atoms. The smallest absolute Gasteiger partial charge is 0.335 e. The number of hydrogen-bond donors (Lipinski definition) is 1. The van der Waals surface area contributed by atoms with Crippen LogP contribution < -0.4 is 10.5 Å². The fourth-order valence-corrected chi connectivity index (χ4v) is 5.04. The van der Waals surface area contributed by atoms with Crippen LogP contribution in [-0.4, -0.2) is 33.4 Å². The zero-order valence-corrected chi connectivity index (χ0v) is 11.2. The lowest BCUT2D eigenvalue weighted by atomic mass is 9.53. The molecule has 0 atom stereocenters. The molecule has 5 rings (SSSR count). The summed E-state index contributed by atoms with van der Waals surface area (Å²) in [5.74, 6) is 2.62. The van der Waals surface area contributed by atoms with Gasteiger partial charge >= 0.3 is 6.01 Å². The third kappa shape index (κ3) is 1.76. The van der Waals surface area contributed by atoms with E-state index >= 15 is 0 Å². The van der Waals surface area contributed by atoms with Crippen molar-refractivity contribution in [2.75, 3.05) is 13.2 Å². The van der Waals surface area contributed by atoms with Gasteiger partial charge in [0, 0.05) is 6.54 Å². The predicted octanol–water partition coefficient (Wildman–Crippen LogP) is 0.936. The van der Waals surface area contributed by atoms with Gasteiger partial charge in [-0.25, -0.2) is 0 Å². The van der Waals surface area contributed by atoms with Crippen molar-refractivity contribution < 1.29 is 4.74 Å². The van der Waals surface area contributed by atoms with Gasteiger partial charge in [-0.2, -0.15) is 4.68 Å². The van der Waals surface area contributed by atoms with Gasteiger partial charge in [0.25, 0.3) is 0 Å². The largest absolute Gasteiger partial charge is 0.461 e. The van der Waals surface area contributed by atoms with Crippen molar-refractivity contribution in [3.05, 3.63) is 0 Å². The van der Waals surface area contributed by atoms with Crippen LogP contribution in [0.3, 0.4) is 0 Å². The lowest BCUT2D eigenvalue weighted by molar-refractivity contribution is -0.0540. The van der Waals surface area contributed by atoms with Crippen molar-refractivity contribution in [1.29, 1.82) is 0 Å². The summed E-state index contributed by atoms with van der Waals surface area (Å²) >= 11 is 0. The number of rotatable bonds is 4. The van der Waals surface area contributed by atoms with E-state index in [1.54, 1.807) is 0 Å². The van der Waals surface area contributed by atoms with Gasteiger partial charge in [0.15, 0.2) is 0 Å². The molecule has 0 radical (unpaired) electrons. The number of hydrogen-bond acceptors (Lipinski definition) is 5. The van der Waals surface area contributed by atoms with Gasteiger partial charge in [0.2, 0.25) is 0 Å². The maximum absolute atomic E-state index is 5.62. The molecule has 4 fully saturated rings. The minimum absolute atomic E-state index is 0.127. The maximum Gasteiger partial charge on any atom is 0.335 e. The minimum atomic E-state index is 0.127. The molecule has 0 aromatic carbocycles. The second-order valence-corrected chi connectivity index (χ2v) is 6.65. The highest BCUT2D eigenvalue weighted by molar-refractivity contribution is 5.08. The van der Waals surface area contributed by atoms with Gasteiger partial charge in [0.05, 0.1) is 5.54 Å². The molecule has 0 unspecified atom stereocenters. The van der Waals surface area contributed by atoms with E-state index in [2.05, 4.69) is 15.5 Å². The first-order chi connectivity index (χ1) is 9.29. The Balaban J connectivity index is 1.66. The lowest BCUT2D eigenvalue weighted by Gasteiger charge is -2.56. The van der Waals surface area contributed by atoms with E-state index < -0.39 is 0 Å². The number of tetrazole rings is 1. The number of nitrogens with zero attached hydrogens (tertiary/aromatic N) is 4. The Bertz CT molecular complexity index is 436. The molecule has 6 nitrogen and oxygen atoms in total. The predicted molar refractivity (Wildman–Crippen MR) is 68.5 cm³/mol. The summed E-state index contributed by atoms with van der Waals surface area (Å²) in [6.07, 6.45) is 7.93. The monoisotopic (exact) mass is 263 g/mol. The molecule has 0 amide bonds. The number of ether oxygens (including phenoxy) is 1. The van der Waals surface area contributed by atoms with Gasteiger partial charge in [-0.1, -0.05) is 5.10 Å². The van der Waals surface area contributed by atoms with Gasteiger partial charge in [-0.05, 0) is 66.7 Å². The molecule has 19 heavy (non-hydrogen) atoms. The summed E-state index contributed by atoms with van der Waals surface area (Å²) in [7, 11) is 0. The quantitative estimate of drug-likeness (QED) is 0.874. The molecule has 1 aromatic heterocycles. The molecule has 0 spiro atoms. The molecule has 104 valence electrons. The normalized spacial score (nSPS) is 39.7. The van der Waals surface area contributed by atoms with Gasteiger partial charge in [-0.3, -0.25) is 0 Å². The van der Waals surface area contributed by atoms with Crippen molar-refractivity contribution in [1.82, 2.24) is 20.2 Å². The molecule has 0 aliphatic heterocycles. The standard InChI is InChI=1S/C13H21N5O/c14-1-2-19-12-15-16-17-18(12)13-6-9-3-10(7-13)5-11(4-9)8-13/h9-11H,1-8,14H2. The van der Waals surface area contributed by atoms with E-state index in [-0.39, 0.29) is 5.54 Å². The summed E-state index contributed by atoms with van der Waals surface area (Å²) in [4.78, 5) is 0. The minimum Gasteiger partial charge on any atom is -0.461 e. The highest BCUT2D eigenvalue weighted by Crippen LogP contribution is 2.59. The van der Waals surface area contributed by atoms with Gasteiger partial charge in [-0.15, -0.1) is 0 Å². The van der Waals surface area contributed by atoms with E-state index in [1.165, 1.54) is 38.5 Å². The van der Waals surface area contributed by atoms with Gasteiger partial charge in [0.1, 0.15) is 6.61 Å². The third-order valence-corrected chi connectivity index (χ3v) is 5.25. The average molecular weight is 263 g/mol. The van der Waals surface area contributed by atoms with Crippen molar-refractivity contribution in [2.24, 2.45) is 23.5 Å². The summed E-state index contributed by atoms with van der Waals surface area (Å²) in [6.45, 7) is 0.973. The second-order valence-electron chi connectivity index (χ2n) is 6.65. The molecule has 1 heterocycles. The third-order valence-electron chi connectivity index (χ3n) is 5.25. The fraction of sp³-hybridized carbons (Fsp3) is 0.923. The highest BCUT2D eigenvalue weighted by atomic mass is 16.5. The zero-order valence-electron chi connectivity index (χ0n) is 11.2. The maximum atomic E-state index is 5.62. The molecule has 1 aromatic rings. The van der Waals surface area contributed by atoms with Crippen LogP contribution in [0.5, 0.6) is 6.01 Å². The lowest BCUT2D eigenvalue weighted by Crippen LogP contribution is -2.52. The van der Waals surface area contributed by atoms with Crippen LogP contribution >= 0.6 is 0 Å². The van der Waals surface area contributed by atoms with Crippen LogP contribution in [0.25, 0.3) is 0 Å². The Hall–Kier alpha value is -1.17. The van der Waals surface area contributed by atoms with Crippen LogP contribution in [0.4, 0.5) is 0 Å². The van der Waals surface area contributed by atoms with Crippen molar-refractivity contribution in [3.63, 3.8) is 0 Å². The molecule has 4 saturated carbocycles. The van der Waals surface area contributed by atoms with E-state index in [0.29, 0.717) is 19.2 Å². The Morgan fingerprint density at radius 3 is 2.37 bits per heavy atom. The molecule has 0 saturated heterocycles. The Morgan fingerprint density at radius 1 is 1.16 bits per heavy atom. The van der Waals surface area contributed by atoms with E-state index in [1.807, 2.05) is 4.68 Å². The molecular weight excluding hydrogens is 242 g/mol. The van der Waals surface area contributed by atoms with Crippen LogP contribution in [0.15, 0.2) is 0 Å². The van der Waals surface area contributed by atoms with E-state index in [0.717, 1.165) is 17.8 Å². The summed E-state index contributed by atoms with van der Waals surface area (Å²) in [5, 5.41) is 12.1. The van der Waals surface area contributed by atoms with E-state index in [9.17, 15) is 0 Å². The van der Waals surface area contributed by atoms with E-state index in [4.69, 9.17) is 10.5 Å². The number of nitrogens with two attached hydrogens (primary N) is 1. The first-order valence-electron chi connectivity index (χ1n) is 7.41. The van der Waals surface area contributed by atoms with Crippen molar-refractivity contribution >= 4 is 0 Å². The zero-order chi connectivity index (χ0) is 12.9. The van der Waals surface area contributed by atoms with Crippen LogP contribution in [-0.2, 0) is 5.54 Å². The SMILES string of the molecule is NCCOc1nnnn1C12CC3CC(CC(C3)C1)C2. The second kappa shape index (κ2) is 4.16. The first-order valence-corrected chi connectivity index (χ1v) is 7.41. The summed E-state index contributed by atoms with van der Waals surface area (Å²) in [6, 6.07) is 0.562. The molecule has 4 aliphatic carbocycles. The first kappa shape index (κ1) is 11.6. The Kier molecular flexibility index (Phi) is 2.55. The highest BCUT2D eigenvalue weighted by Gasteiger charge is 2.53. The summed E-state index contributed by atoms with van der Waals surface area (Å²) in [5.41, 5.74) is 5.63. The number of aromatic nitrogens is 4. The van der Waals surface area contributed by atoms with Crippen molar-refractivity contribution in [3.8, 4) is 6.01 Å². The van der Waals surface area contributed by atoms with Crippen LogP contribution in [0.2, 0.25) is 0 Å². The Labute approximate surface area is 112 Å². The molecular formula is C13H21N5O.